The molecule has 13 heteroatoms. The van der Waals surface area contributed by atoms with E-state index in [1.165, 1.54) is 44.6 Å². The lowest BCUT2D eigenvalue weighted by Crippen LogP contribution is -2.39. The van der Waals surface area contributed by atoms with Crippen molar-refractivity contribution in [3.8, 4) is 11.5 Å². The monoisotopic (exact) mass is 568 g/mol. The number of anilines is 2. The van der Waals surface area contributed by atoms with Gasteiger partial charge < -0.3 is 19.7 Å². The molecule has 210 valence electrons. The van der Waals surface area contributed by atoms with Crippen LogP contribution in [0.15, 0.2) is 71.6 Å². The summed E-state index contributed by atoms with van der Waals surface area (Å²) in [6, 6.07) is 15.6. The molecule has 3 aromatic rings. The molecule has 0 bridgehead atoms. The van der Waals surface area contributed by atoms with Gasteiger partial charge in [0.05, 0.1) is 36.1 Å². The van der Waals surface area contributed by atoms with Gasteiger partial charge in [0, 0.05) is 25.2 Å². The number of nitrogens with zero attached hydrogens (tertiary/aromatic N) is 3. The highest BCUT2D eigenvalue weighted by molar-refractivity contribution is 7.93. The number of sulfonamides is 1. The Bertz CT molecular complexity index is 1540. The second kappa shape index (κ2) is 12.0. The van der Waals surface area contributed by atoms with E-state index in [1.54, 1.807) is 29.2 Å². The highest BCUT2D eigenvalue weighted by Crippen LogP contribution is 2.37. The topological polar surface area (TPSA) is 148 Å². The summed E-state index contributed by atoms with van der Waals surface area (Å²) < 4.78 is 39.1. The lowest BCUT2D eigenvalue weighted by atomic mass is 10.1. The molecule has 0 aromatic heterocycles. The van der Waals surface area contributed by atoms with Crippen LogP contribution in [0.4, 0.5) is 17.1 Å². The first-order valence-electron chi connectivity index (χ1n) is 12.3. The second-order valence-corrected chi connectivity index (χ2v) is 10.7. The number of carbonyl (C=O) groups excluding carboxylic acids is 2. The number of nitrogens with one attached hydrogen (secondary N) is 1. The maximum absolute atomic E-state index is 13.9. The first-order chi connectivity index (χ1) is 19.2. The van der Waals surface area contributed by atoms with E-state index >= 15 is 0 Å². The maximum Gasteiger partial charge on any atom is 0.289 e. The molecule has 1 saturated heterocycles. The van der Waals surface area contributed by atoms with Crippen LogP contribution in [-0.2, 0) is 14.8 Å². The summed E-state index contributed by atoms with van der Waals surface area (Å²) in [5, 5.41) is 14.3. The number of hydrogen-bond donors (Lipinski definition) is 1. The van der Waals surface area contributed by atoms with Gasteiger partial charge in [-0.05, 0) is 43.2 Å². The number of nitro benzene ring substituents is 1. The number of benzene rings is 3. The van der Waals surface area contributed by atoms with Gasteiger partial charge in [0.15, 0.2) is 4.90 Å². The van der Waals surface area contributed by atoms with Crippen LogP contribution in [0.2, 0.25) is 0 Å². The predicted octanol–water partition coefficient (Wildman–Crippen LogP) is 3.68. The number of amides is 2. The van der Waals surface area contributed by atoms with Gasteiger partial charge in [0.1, 0.15) is 18.0 Å². The van der Waals surface area contributed by atoms with Crippen LogP contribution in [0, 0.1) is 10.1 Å². The van der Waals surface area contributed by atoms with Gasteiger partial charge >= 0.3 is 0 Å². The standard InChI is InChI=1S/C27H28N4O8S/c1-38-19-13-14-22(24(17-19)39-2)30(40(36,37)25-12-6-5-11-23(25)31(34)35)18-26(32)28-21-10-4-3-9-20(21)27(33)29-15-7-8-16-29/h3-6,9-14,17H,7-8,15-16,18H2,1-2H3,(H,28,32). The molecule has 0 unspecified atom stereocenters. The molecule has 0 aliphatic carbocycles. The molecular weight excluding hydrogens is 540 g/mol. The Balaban J connectivity index is 1.74. The third-order valence-electron chi connectivity index (χ3n) is 6.40. The van der Waals surface area contributed by atoms with Crippen LogP contribution in [0.5, 0.6) is 11.5 Å². The number of carbonyl (C=O) groups is 2. The Hall–Kier alpha value is -4.65. The van der Waals surface area contributed by atoms with E-state index in [-0.39, 0.29) is 28.6 Å². The summed E-state index contributed by atoms with van der Waals surface area (Å²) >= 11 is 0. The fourth-order valence-corrected chi connectivity index (χ4v) is 6.02. The van der Waals surface area contributed by atoms with E-state index in [0.717, 1.165) is 29.3 Å². The molecule has 0 saturated carbocycles. The van der Waals surface area contributed by atoms with Crippen molar-refractivity contribution >= 4 is 38.9 Å². The number of ether oxygens (including phenoxy) is 2. The highest BCUT2D eigenvalue weighted by atomic mass is 32.2. The molecule has 1 heterocycles. The molecule has 1 fully saturated rings. The largest absolute Gasteiger partial charge is 0.497 e. The van der Waals surface area contributed by atoms with Crippen molar-refractivity contribution < 1.29 is 32.4 Å². The summed E-state index contributed by atoms with van der Waals surface area (Å²) in [7, 11) is -1.94. The fraction of sp³-hybridized carbons (Fsp3) is 0.259. The highest BCUT2D eigenvalue weighted by Gasteiger charge is 2.35. The van der Waals surface area contributed by atoms with Crippen molar-refractivity contribution in [1.82, 2.24) is 4.90 Å². The van der Waals surface area contributed by atoms with Gasteiger partial charge in [-0.15, -0.1) is 0 Å². The molecule has 1 N–H and O–H groups in total. The van der Waals surface area contributed by atoms with Gasteiger partial charge in [0.2, 0.25) is 5.91 Å². The average molecular weight is 569 g/mol. The zero-order valence-corrected chi connectivity index (χ0v) is 22.7. The second-order valence-electron chi connectivity index (χ2n) is 8.87. The van der Waals surface area contributed by atoms with E-state index in [1.807, 2.05) is 0 Å². The van der Waals surface area contributed by atoms with Gasteiger partial charge in [-0.1, -0.05) is 24.3 Å². The smallest absolute Gasteiger partial charge is 0.289 e. The Morgan fingerprint density at radius 1 is 1.00 bits per heavy atom. The van der Waals surface area contributed by atoms with E-state index in [0.29, 0.717) is 18.8 Å². The van der Waals surface area contributed by atoms with Crippen LogP contribution < -0.4 is 19.1 Å². The number of para-hydroxylation sites is 2. The Kier molecular flexibility index (Phi) is 8.53. The zero-order valence-electron chi connectivity index (χ0n) is 21.9. The summed E-state index contributed by atoms with van der Waals surface area (Å²) in [5.41, 5.74) is -0.206. The molecule has 0 atom stereocenters. The summed E-state index contributed by atoms with van der Waals surface area (Å²) in [6.07, 6.45) is 1.78. The van der Waals surface area contributed by atoms with E-state index in [9.17, 15) is 28.1 Å². The SMILES string of the molecule is COc1ccc(N(CC(=O)Nc2ccccc2C(=O)N2CCCC2)S(=O)(=O)c2ccccc2[N+](=O)[O-])c(OC)c1. The number of likely N-dealkylation sites (tertiary alicyclic amines) is 1. The minimum Gasteiger partial charge on any atom is -0.497 e. The van der Waals surface area contributed by atoms with Crippen molar-refractivity contribution in [2.75, 3.05) is 43.5 Å². The molecule has 2 amide bonds. The third kappa shape index (κ3) is 5.83. The van der Waals surface area contributed by atoms with Crippen LogP contribution in [-0.4, -0.2) is 63.9 Å². The van der Waals surface area contributed by atoms with E-state index in [4.69, 9.17) is 9.47 Å². The zero-order chi connectivity index (χ0) is 28.9. The Morgan fingerprint density at radius 3 is 2.35 bits per heavy atom. The van der Waals surface area contributed by atoms with Crippen LogP contribution in [0.3, 0.4) is 0 Å². The van der Waals surface area contributed by atoms with Crippen molar-refractivity contribution in [2.45, 2.75) is 17.7 Å². The normalized spacial score (nSPS) is 13.0. The summed E-state index contributed by atoms with van der Waals surface area (Å²) in [5.74, 6) is -0.599. The average Bonchev–Trinajstić information content (AvgIpc) is 3.51. The molecular formula is C27H28N4O8S. The number of nitro groups is 1. The van der Waals surface area contributed by atoms with Crippen LogP contribution >= 0.6 is 0 Å². The molecule has 4 rings (SSSR count). The van der Waals surface area contributed by atoms with Crippen molar-refractivity contribution in [1.29, 1.82) is 0 Å². The fourth-order valence-electron chi connectivity index (χ4n) is 4.42. The number of hydrogen-bond acceptors (Lipinski definition) is 8. The number of methoxy groups -OCH3 is 2. The molecule has 12 nitrogen and oxygen atoms in total. The summed E-state index contributed by atoms with van der Waals surface area (Å²) in [6.45, 7) is 0.448. The van der Waals surface area contributed by atoms with Gasteiger partial charge in [-0.3, -0.25) is 24.0 Å². The van der Waals surface area contributed by atoms with Gasteiger partial charge in [0.25, 0.3) is 21.6 Å². The van der Waals surface area contributed by atoms with E-state index < -0.39 is 38.0 Å². The lowest BCUT2D eigenvalue weighted by molar-refractivity contribution is -0.387. The van der Waals surface area contributed by atoms with Crippen molar-refractivity contribution in [3.05, 3.63) is 82.4 Å². The molecule has 1 aliphatic heterocycles. The first kappa shape index (κ1) is 28.4. The molecule has 3 aromatic carbocycles. The van der Waals surface area contributed by atoms with Gasteiger partial charge in [-0.2, -0.15) is 0 Å². The van der Waals surface area contributed by atoms with Crippen LogP contribution in [0.1, 0.15) is 23.2 Å². The third-order valence-corrected chi connectivity index (χ3v) is 8.20. The van der Waals surface area contributed by atoms with Crippen LogP contribution in [0.25, 0.3) is 0 Å². The quantitative estimate of drug-likeness (QED) is 0.288. The minimum absolute atomic E-state index is 0.0435. The molecule has 1 aliphatic rings. The summed E-state index contributed by atoms with van der Waals surface area (Å²) in [4.78, 5) is 38.4. The van der Waals surface area contributed by atoms with Gasteiger partial charge in [-0.25, -0.2) is 8.42 Å². The van der Waals surface area contributed by atoms with Crippen molar-refractivity contribution in [3.63, 3.8) is 0 Å². The Labute approximate surface area is 231 Å². The van der Waals surface area contributed by atoms with E-state index in [2.05, 4.69) is 5.32 Å². The maximum atomic E-state index is 13.9. The predicted molar refractivity (Wildman–Crippen MR) is 147 cm³/mol. The minimum atomic E-state index is -4.67. The molecule has 40 heavy (non-hydrogen) atoms. The number of rotatable bonds is 10. The molecule has 0 radical (unpaired) electrons. The lowest BCUT2D eigenvalue weighted by Gasteiger charge is -2.26. The first-order valence-corrected chi connectivity index (χ1v) is 13.8. The van der Waals surface area contributed by atoms with Crippen molar-refractivity contribution in [2.24, 2.45) is 0 Å². The Morgan fingerprint density at radius 2 is 1.68 bits per heavy atom. The molecule has 0 spiro atoms.